The van der Waals surface area contributed by atoms with Crippen molar-refractivity contribution in [3.63, 3.8) is 0 Å². The molecule has 3 heteroatoms. The van der Waals surface area contributed by atoms with Gasteiger partial charge in [-0.15, -0.1) is 0 Å². The SMILES string of the molecule is Cc1ccccc1C(N)c1cccc(Cl)c1Cl. The van der Waals surface area contributed by atoms with E-state index in [9.17, 15) is 0 Å². The van der Waals surface area contributed by atoms with Crippen molar-refractivity contribution in [3.8, 4) is 0 Å². The van der Waals surface area contributed by atoms with E-state index in [1.54, 1.807) is 6.07 Å². The zero-order valence-corrected chi connectivity index (χ0v) is 11.0. The van der Waals surface area contributed by atoms with E-state index in [-0.39, 0.29) is 6.04 Å². The summed E-state index contributed by atoms with van der Waals surface area (Å²) in [6.45, 7) is 2.04. The van der Waals surface area contributed by atoms with Gasteiger partial charge in [0.05, 0.1) is 16.1 Å². The minimum atomic E-state index is -0.248. The first kappa shape index (κ1) is 12.4. The zero-order valence-electron chi connectivity index (χ0n) is 9.45. The third kappa shape index (κ3) is 2.47. The zero-order chi connectivity index (χ0) is 12.4. The van der Waals surface area contributed by atoms with Gasteiger partial charge in [0.1, 0.15) is 0 Å². The molecular formula is C14H13Cl2N. The van der Waals surface area contributed by atoms with Crippen molar-refractivity contribution < 1.29 is 0 Å². The van der Waals surface area contributed by atoms with Crippen LogP contribution in [0.15, 0.2) is 42.5 Å². The standard InChI is InChI=1S/C14H13Cl2N/c1-9-5-2-3-6-10(9)14(17)11-7-4-8-12(15)13(11)16/h2-8,14H,17H2,1H3. The van der Waals surface area contributed by atoms with Crippen LogP contribution >= 0.6 is 23.2 Å². The van der Waals surface area contributed by atoms with Gasteiger partial charge in [0.25, 0.3) is 0 Å². The summed E-state index contributed by atoms with van der Waals surface area (Å²) < 4.78 is 0. The van der Waals surface area contributed by atoms with E-state index < -0.39 is 0 Å². The number of benzene rings is 2. The quantitative estimate of drug-likeness (QED) is 0.859. The third-order valence-corrected chi connectivity index (χ3v) is 3.67. The molecule has 0 aliphatic rings. The highest BCUT2D eigenvalue weighted by Crippen LogP contribution is 2.32. The maximum Gasteiger partial charge on any atom is 0.0643 e. The normalized spacial score (nSPS) is 12.5. The second-order valence-corrected chi connectivity index (χ2v) is 4.76. The summed E-state index contributed by atoms with van der Waals surface area (Å²) in [6.07, 6.45) is 0. The van der Waals surface area contributed by atoms with Gasteiger partial charge in [0, 0.05) is 0 Å². The molecule has 88 valence electrons. The van der Waals surface area contributed by atoms with E-state index in [0.29, 0.717) is 10.0 Å². The molecule has 0 spiro atoms. The van der Waals surface area contributed by atoms with Gasteiger partial charge in [0.15, 0.2) is 0 Å². The predicted octanol–water partition coefficient (Wildman–Crippen LogP) is 4.35. The molecule has 0 fully saturated rings. The second-order valence-electron chi connectivity index (χ2n) is 3.98. The molecular weight excluding hydrogens is 253 g/mol. The Labute approximate surface area is 111 Å². The molecule has 0 aliphatic carbocycles. The average Bonchev–Trinajstić information content (AvgIpc) is 2.32. The fourth-order valence-electron chi connectivity index (χ4n) is 1.86. The lowest BCUT2D eigenvalue weighted by molar-refractivity contribution is 0.862. The van der Waals surface area contributed by atoms with Gasteiger partial charge in [-0.2, -0.15) is 0 Å². The maximum atomic E-state index is 6.24. The summed E-state index contributed by atoms with van der Waals surface area (Å²) in [4.78, 5) is 0. The largest absolute Gasteiger partial charge is 0.320 e. The van der Waals surface area contributed by atoms with Crippen molar-refractivity contribution in [2.75, 3.05) is 0 Å². The molecule has 0 amide bonds. The Balaban J connectivity index is 2.48. The summed E-state index contributed by atoms with van der Waals surface area (Å²) in [6, 6.07) is 13.3. The van der Waals surface area contributed by atoms with E-state index in [1.807, 2.05) is 43.3 Å². The number of nitrogens with two attached hydrogens (primary N) is 1. The topological polar surface area (TPSA) is 26.0 Å². The number of halogens is 2. The molecule has 0 saturated carbocycles. The average molecular weight is 266 g/mol. The minimum absolute atomic E-state index is 0.248. The van der Waals surface area contributed by atoms with Gasteiger partial charge >= 0.3 is 0 Å². The minimum Gasteiger partial charge on any atom is -0.320 e. The molecule has 0 saturated heterocycles. The number of hydrogen-bond donors (Lipinski definition) is 1. The fourth-order valence-corrected chi connectivity index (χ4v) is 2.29. The van der Waals surface area contributed by atoms with Crippen LogP contribution in [0.5, 0.6) is 0 Å². The van der Waals surface area contributed by atoms with Gasteiger partial charge in [-0.3, -0.25) is 0 Å². The molecule has 2 aromatic rings. The van der Waals surface area contributed by atoms with E-state index in [2.05, 4.69) is 0 Å². The van der Waals surface area contributed by atoms with Gasteiger partial charge in [0.2, 0.25) is 0 Å². The van der Waals surface area contributed by atoms with Crippen LogP contribution in [0.1, 0.15) is 22.7 Å². The Morgan fingerprint density at radius 3 is 2.29 bits per heavy atom. The third-order valence-electron chi connectivity index (χ3n) is 2.84. The monoisotopic (exact) mass is 265 g/mol. The smallest absolute Gasteiger partial charge is 0.0643 e. The summed E-state index contributed by atoms with van der Waals surface area (Å²) in [5.41, 5.74) is 9.31. The van der Waals surface area contributed by atoms with E-state index in [1.165, 1.54) is 0 Å². The summed E-state index contributed by atoms with van der Waals surface area (Å²) in [7, 11) is 0. The first-order chi connectivity index (χ1) is 8.11. The van der Waals surface area contributed by atoms with Crippen LogP contribution in [0.25, 0.3) is 0 Å². The highest BCUT2D eigenvalue weighted by Gasteiger charge is 2.15. The van der Waals surface area contributed by atoms with Crippen molar-refractivity contribution in [2.24, 2.45) is 5.73 Å². The molecule has 2 rings (SSSR count). The Hall–Kier alpha value is -1.02. The Morgan fingerprint density at radius 1 is 0.941 bits per heavy atom. The predicted molar refractivity (Wildman–Crippen MR) is 73.7 cm³/mol. The van der Waals surface area contributed by atoms with Crippen molar-refractivity contribution in [1.29, 1.82) is 0 Å². The highest BCUT2D eigenvalue weighted by molar-refractivity contribution is 6.42. The van der Waals surface area contributed by atoms with Crippen molar-refractivity contribution in [1.82, 2.24) is 0 Å². The molecule has 0 aromatic heterocycles. The number of rotatable bonds is 2. The van der Waals surface area contributed by atoms with Crippen molar-refractivity contribution in [2.45, 2.75) is 13.0 Å². The Morgan fingerprint density at radius 2 is 1.59 bits per heavy atom. The lowest BCUT2D eigenvalue weighted by atomic mass is 9.96. The maximum absolute atomic E-state index is 6.24. The van der Waals surface area contributed by atoms with E-state index in [4.69, 9.17) is 28.9 Å². The fraction of sp³-hybridized carbons (Fsp3) is 0.143. The van der Waals surface area contributed by atoms with Crippen LogP contribution in [0.4, 0.5) is 0 Å². The highest BCUT2D eigenvalue weighted by atomic mass is 35.5. The Kier molecular flexibility index (Phi) is 3.72. The van der Waals surface area contributed by atoms with Crippen LogP contribution < -0.4 is 5.73 Å². The van der Waals surface area contributed by atoms with Gasteiger partial charge in [-0.25, -0.2) is 0 Å². The molecule has 1 atom stereocenters. The van der Waals surface area contributed by atoms with Crippen molar-refractivity contribution in [3.05, 3.63) is 69.2 Å². The van der Waals surface area contributed by atoms with Crippen LogP contribution in [0.3, 0.4) is 0 Å². The van der Waals surface area contributed by atoms with Gasteiger partial charge in [-0.05, 0) is 29.7 Å². The molecule has 17 heavy (non-hydrogen) atoms. The molecule has 0 radical (unpaired) electrons. The Bertz CT molecular complexity index is 537. The van der Waals surface area contributed by atoms with Crippen molar-refractivity contribution >= 4 is 23.2 Å². The lowest BCUT2D eigenvalue weighted by Crippen LogP contribution is -2.13. The van der Waals surface area contributed by atoms with Crippen LogP contribution in [0, 0.1) is 6.92 Å². The van der Waals surface area contributed by atoms with Gasteiger partial charge < -0.3 is 5.73 Å². The molecule has 2 aromatic carbocycles. The van der Waals surface area contributed by atoms with Crippen LogP contribution in [-0.4, -0.2) is 0 Å². The van der Waals surface area contributed by atoms with E-state index in [0.717, 1.165) is 16.7 Å². The summed E-state index contributed by atoms with van der Waals surface area (Å²) >= 11 is 12.2. The second kappa shape index (κ2) is 5.09. The summed E-state index contributed by atoms with van der Waals surface area (Å²) in [5, 5.41) is 1.07. The first-order valence-corrected chi connectivity index (χ1v) is 6.12. The molecule has 0 aliphatic heterocycles. The lowest BCUT2D eigenvalue weighted by Gasteiger charge is -2.17. The molecule has 0 heterocycles. The van der Waals surface area contributed by atoms with Gasteiger partial charge in [-0.1, -0.05) is 59.6 Å². The molecule has 1 nitrogen and oxygen atoms in total. The molecule has 0 bridgehead atoms. The number of aryl methyl sites for hydroxylation is 1. The molecule has 2 N–H and O–H groups in total. The first-order valence-electron chi connectivity index (χ1n) is 5.36. The molecule has 1 unspecified atom stereocenters. The van der Waals surface area contributed by atoms with E-state index >= 15 is 0 Å². The van der Waals surface area contributed by atoms with Crippen LogP contribution in [-0.2, 0) is 0 Å². The summed E-state index contributed by atoms with van der Waals surface area (Å²) in [5.74, 6) is 0. The number of hydrogen-bond acceptors (Lipinski definition) is 1. The van der Waals surface area contributed by atoms with Crippen LogP contribution in [0.2, 0.25) is 10.0 Å².